The van der Waals surface area contributed by atoms with Crippen molar-refractivity contribution in [2.45, 2.75) is 57.7 Å². The van der Waals surface area contributed by atoms with Gasteiger partial charge in [0.25, 0.3) is 0 Å². The van der Waals surface area contributed by atoms with Crippen LogP contribution in [0.5, 0.6) is 5.75 Å². The number of aliphatic hydroxyl groups excluding tert-OH is 1. The molecule has 1 saturated carbocycles. The molecule has 1 aromatic carbocycles. The summed E-state index contributed by atoms with van der Waals surface area (Å²) in [6, 6.07) is 5.71. The molecule has 0 radical (unpaired) electrons. The second-order valence-electron chi connectivity index (χ2n) is 7.97. The number of nitrogens with zero attached hydrogens (tertiary/aromatic N) is 3. The van der Waals surface area contributed by atoms with Crippen LogP contribution in [0.15, 0.2) is 18.2 Å². The molecular formula is C21H28N4O2. The smallest absolute Gasteiger partial charge is 0.153 e. The Hall–Kier alpha value is -2.18. The number of fused-ring (bicyclic) bond motifs is 1. The Morgan fingerprint density at radius 3 is 2.74 bits per heavy atom. The Morgan fingerprint density at radius 1 is 1.15 bits per heavy atom. The van der Waals surface area contributed by atoms with Gasteiger partial charge in [0.15, 0.2) is 5.82 Å². The number of benzene rings is 1. The molecule has 3 N–H and O–H groups in total. The van der Waals surface area contributed by atoms with Crippen LogP contribution in [0.1, 0.15) is 42.4 Å². The van der Waals surface area contributed by atoms with Gasteiger partial charge in [-0.15, -0.1) is 10.2 Å². The summed E-state index contributed by atoms with van der Waals surface area (Å²) in [6.45, 7) is 3.70. The minimum atomic E-state index is -0.335. The highest BCUT2D eigenvalue weighted by Gasteiger charge is 2.28. The highest BCUT2D eigenvalue weighted by molar-refractivity contribution is 5.73. The van der Waals surface area contributed by atoms with Crippen molar-refractivity contribution in [2.24, 2.45) is 0 Å². The lowest BCUT2D eigenvalue weighted by Gasteiger charge is -2.32. The van der Waals surface area contributed by atoms with Crippen LogP contribution in [0.25, 0.3) is 11.3 Å². The molecule has 6 nitrogen and oxygen atoms in total. The largest absolute Gasteiger partial charge is 0.507 e. The van der Waals surface area contributed by atoms with E-state index in [0.717, 1.165) is 79.0 Å². The average Bonchev–Trinajstić information content (AvgIpc) is 2.64. The molecule has 1 fully saturated rings. The fourth-order valence-electron chi connectivity index (χ4n) is 4.23. The average molecular weight is 368 g/mol. The molecule has 1 aliphatic carbocycles. The molecule has 2 heterocycles. The maximum atomic E-state index is 10.4. The number of hydrogen-bond donors (Lipinski definition) is 3. The Balaban J connectivity index is 1.74. The lowest BCUT2D eigenvalue weighted by Crippen LogP contribution is -2.38. The molecule has 1 aromatic heterocycles. The van der Waals surface area contributed by atoms with Crippen molar-refractivity contribution in [2.75, 3.05) is 18.9 Å². The first-order valence-electron chi connectivity index (χ1n) is 9.84. The van der Waals surface area contributed by atoms with Gasteiger partial charge in [-0.05, 0) is 56.5 Å². The van der Waals surface area contributed by atoms with Gasteiger partial charge in [-0.25, -0.2) is 0 Å². The number of aliphatic hydroxyl groups is 1. The van der Waals surface area contributed by atoms with E-state index in [1.807, 2.05) is 19.1 Å². The van der Waals surface area contributed by atoms with Crippen LogP contribution < -0.4 is 5.32 Å². The van der Waals surface area contributed by atoms with Crippen molar-refractivity contribution in [1.29, 1.82) is 0 Å². The van der Waals surface area contributed by atoms with Crippen LogP contribution in [-0.2, 0) is 13.0 Å². The third kappa shape index (κ3) is 3.64. The van der Waals surface area contributed by atoms with E-state index < -0.39 is 0 Å². The minimum absolute atomic E-state index is 0.0306. The van der Waals surface area contributed by atoms with Gasteiger partial charge in [-0.3, -0.25) is 0 Å². The third-order valence-electron chi connectivity index (χ3n) is 5.82. The lowest BCUT2D eigenvalue weighted by atomic mass is 9.91. The Kier molecular flexibility index (Phi) is 5.02. The number of phenolic OH excluding ortho intramolecular Hbond substituents is 1. The Morgan fingerprint density at radius 2 is 1.96 bits per heavy atom. The molecule has 2 aromatic rings. The highest BCUT2D eigenvalue weighted by atomic mass is 16.3. The second kappa shape index (κ2) is 7.44. The number of aryl methyl sites for hydroxylation is 1. The predicted molar refractivity (Wildman–Crippen MR) is 106 cm³/mol. The van der Waals surface area contributed by atoms with E-state index in [0.29, 0.717) is 0 Å². The van der Waals surface area contributed by atoms with E-state index in [-0.39, 0.29) is 17.9 Å². The summed E-state index contributed by atoms with van der Waals surface area (Å²) < 4.78 is 0. The molecule has 144 valence electrons. The van der Waals surface area contributed by atoms with E-state index in [4.69, 9.17) is 0 Å². The van der Waals surface area contributed by atoms with Crippen molar-refractivity contribution >= 4 is 5.82 Å². The van der Waals surface area contributed by atoms with Crippen LogP contribution in [0.2, 0.25) is 0 Å². The van der Waals surface area contributed by atoms with Crippen molar-refractivity contribution < 1.29 is 10.2 Å². The first kappa shape index (κ1) is 18.2. The number of aromatic nitrogens is 2. The highest BCUT2D eigenvalue weighted by Crippen LogP contribution is 2.36. The molecule has 2 atom stereocenters. The van der Waals surface area contributed by atoms with Crippen LogP contribution >= 0.6 is 0 Å². The number of hydrogen-bond acceptors (Lipinski definition) is 6. The topological polar surface area (TPSA) is 81.5 Å². The summed E-state index contributed by atoms with van der Waals surface area (Å²) in [5.41, 5.74) is 4.80. The number of rotatable bonds is 3. The summed E-state index contributed by atoms with van der Waals surface area (Å²) in [5.74, 6) is 1.02. The van der Waals surface area contributed by atoms with Gasteiger partial charge in [0.05, 0.1) is 12.1 Å². The lowest BCUT2D eigenvalue weighted by molar-refractivity contribution is 0.116. The van der Waals surface area contributed by atoms with Crippen LogP contribution in [-0.4, -0.2) is 51.0 Å². The fourth-order valence-corrected chi connectivity index (χ4v) is 4.23. The third-order valence-corrected chi connectivity index (χ3v) is 5.82. The summed E-state index contributed by atoms with van der Waals surface area (Å²) in [4.78, 5) is 2.27. The summed E-state index contributed by atoms with van der Waals surface area (Å²) in [5, 5.41) is 33.2. The number of aromatic hydroxyl groups is 1. The molecule has 0 bridgehead atoms. The van der Waals surface area contributed by atoms with Gasteiger partial charge in [-0.1, -0.05) is 18.9 Å². The van der Waals surface area contributed by atoms with Crippen molar-refractivity contribution in [3.05, 3.63) is 34.9 Å². The van der Waals surface area contributed by atoms with Gasteiger partial charge in [0.2, 0.25) is 0 Å². The van der Waals surface area contributed by atoms with Crippen molar-refractivity contribution in [1.82, 2.24) is 15.1 Å². The van der Waals surface area contributed by atoms with Crippen LogP contribution in [0.3, 0.4) is 0 Å². The van der Waals surface area contributed by atoms with E-state index in [1.165, 1.54) is 0 Å². The Labute approximate surface area is 160 Å². The maximum Gasteiger partial charge on any atom is 0.153 e. The predicted octanol–water partition coefficient (Wildman–Crippen LogP) is 2.86. The number of nitrogens with one attached hydrogen (secondary N) is 1. The molecule has 27 heavy (non-hydrogen) atoms. The zero-order valence-electron chi connectivity index (χ0n) is 16.1. The summed E-state index contributed by atoms with van der Waals surface area (Å²) in [6.07, 6.45) is 4.53. The fraction of sp³-hybridized carbons (Fsp3) is 0.524. The first-order chi connectivity index (χ1) is 13.0. The monoisotopic (exact) mass is 368 g/mol. The normalized spacial score (nSPS) is 23.1. The molecule has 6 heteroatoms. The summed E-state index contributed by atoms with van der Waals surface area (Å²) in [7, 11) is 2.10. The quantitative estimate of drug-likeness (QED) is 0.773. The van der Waals surface area contributed by atoms with Crippen molar-refractivity contribution in [3.63, 3.8) is 0 Å². The van der Waals surface area contributed by atoms with E-state index in [2.05, 4.69) is 27.5 Å². The van der Waals surface area contributed by atoms with Gasteiger partial charge in [0, 0.05) is 24.2 Å². The van der Waals surface area contributed by atoms with Gasteiger partial charge in [0.1, 0.15) is 11.4 Å². The molecule has 0 amide bonds. The van der Waals surface area contributed by atoms with Gasteiger partial charge >= 0.3 is 0 Å². The minimum Gasteiger partial charge on any atom is -0.507 e. The zero-order chi connectivity index (χ0) is 19.0. The number of anilines is 1. The van der Waals surface area contributed by atoms with E-state index in [1.54, 1.807) is 6.07 Å². The summed E-state index contributed by atoms with van der Waals surface area (Å²) >= 11 is 0. The maximum absolute atomic E-state index is 10.4. The zero-order valence-corrected chi connectivity index (χ0v) is 16.1. The van der Waals surface area contributed by atoms with Gasteiger partial charge < -0.3 is 20.4 Å². The van der Waals surface area contributed by atoms with E-state index >= 15 is 0 Å². The molecule has 0 spiro atoms. The Bertz CT molecular complexity index is 839. The van der Waals surface area contributed by atoms with E-state index in [9.17, 15) is 10.2 Å². The molecule has 4 rings (SSSR count). The van der Waals surface area contributed by atoms with Crippen LogP contribution in [0, 0.1) is 6.92 Å². The standard InChI is InChI=1S/C21H28N4O2/c1-13-7-8-15(19(27)11-13)20-14-9-10-25(2)12-16(14)21(24-23-20)22-17-5-3-4-6-18(17)26/h7-8,11,17-18,26-27H,3-6,9-10,12H2,1-2H3,(H,22,24)/t17-,18-/m1/s1. The molecular weight excluding hydrogens is 340 g/mol. The molecule has 2 aliphatic rings. The number of likely N-dealkylation sites (N-methyl/N-ethyl adjacent to an activating group) is 1. The SMILES string of the molecule is Cc1ccc(-c2nnc(N[C@@H]3CCCC[C@H]3O)c3c2CCN(C)C3)c(O)c1. The molecule has 0 saturated heterocycles. The van der Waals surface area contributed by atoms with Crippen molar-refractivity contribution in [3.8, 4) is 17.0 Å². The number of phenols is 1. The molecule has 1 aliphatic heterocycles. The first-order valence-corrected chi connectivity index (χ1v) is 9.84. The van der Waals surface area contributed by atoms with Gasteiger partial charge in [-0.2, -0.15) is 0 Å². The second-order valence-corrected chi connectivity index (χ2v) is 7.97. The molecule has 0 unspecified atom stereocenters. The van der Waals surface area contributed by atoms with Crippen LogP contribution in [0.4, 0.5) is 5.82 Å².